The molecule has 2 aromatic rings. The smallest absolute Gasteiger partial charge is 0.322 e. The van der Waals surface area contributed by atoms with E-state index in [1.165, 1.54) is 30.1 Å². The molecule has 1 aromatic heterocycles. The molecule has 0 saturated heterocycles. The summed E-state index contributed by atoms with van der Waals surface area (Å²) in [6.07, 6.45) is 6.71. The maximum atomic E-state index is 13.2. The monoisotopic (exact) mass is 430 g/mol. The number of esters is 1. The number of carbonyl (C=O) groups excluding carboxylic acids is 2. The van der Waals surface area contributed by atoms with Crippen LogP contribution in [0.2, 0.25) is 5.02 Å². The minimum Gasteiger partial charge on any atom is -0.468 e. The molecule has 6 nitrogen and oxygen atoms in total. The van der Waals surface area contributed by atoms with Gasteiger partial charge >= 0.3 is 5.97 Å². The van der Waals surface area contributed by atoms with Crippen molar-refractivity contribution in [3.8, 4) is 0 Å². The Balaban J connectivity index is 2.06. The highest BCUT2D eigenvalue weighted by molar-refractivity contribution is 8.00. The largest absolute Gasteiger partial charge is 0.468 e. The first-order valence-electron chi connectivity index (χ1n) is 8.68. The number of hydrazone groups is 1. The lowest BCUT2D eigenvalue weighted by Crippen LogP contribution is -2.22. The lowest BCUT2D eigenvalue weighted by molar-refractivity contribution is -0.139. The summed E-state index contributed by atoms with van der Waals surface area (Å²) >= 11 is 7.39. The van der Waals surface area contributed by atoms with E-state index in [2.05, 4.69) is 5.10 Å². The van der Waals surface area contributed by atoms with Crippen molar-refractivity contribution in [2.75, 3.05) is 18.4 Å². The number of nitrogens with zero attached hydrogens (tertiary/aromatic N) is 2. The van der Waals surface area contributed by atoms with E-state index in [0.29, 0.717) is 33.3 Å². The Morgan fingerprint density at radius 2 is 2.14 bits per heavy atom. The minimum atomic E-state index is -0.511. The maximum absolute atomic E-state index is 13.2. The number of halogens is 1. The Bertz CT molecular complexity index is 1010. The van der Waals surface area contributed by atoms with E-state index in [9.17, 15) is 9.59 Å². The molecule has 1 aliphatic heterocycles. The highest BCUT2D eigenvalue weighted by Crippen LogP contribution is 2.31. The van der Waals surface area contributed by atoms with Crippen molar-refractivity contribution in [1.82, 2.24) is 0 Å². The SMILES string of the molecule is COC(=O)C(/C=C/C(=C1\C(=O)N(c2cccc(Cl)c2)N=C1C)c1ccco1)SC. The van der Waals surface area contributed by atoms with Crippen molar-refractivity contribution < 1.29 is 18.7 Å². The number of hydrogen-bond donors (Lipinski definition) is 0. The van der Waals surface area contributed by atoms with E-state index in [-0.39, 0.29) is 11.9 Å². The molecule has 0 spiro atoms. The quantitative estimate of drug-likeness (QED) is 0.495. The molecule has 3 rings (SSSR count). The first-order chi connectivity index (χ1) is 14.0. The summed E-state index contributed by atoms with van der Waals surface area (Å²) in [6.45, 7) is 1.75. The van der Waals surface area contributed by atoms with E-state index in [0.717, 1.165) is 0 Å². The van der Waals surface area contributed by atoms with Crippen molar-refractivity contribution in [2.24, 2.45) is 5.10 Å². The molecule has 1 atom stereocenters. The minimum absolute atomic E-state index is 0.306. The number of hydrogen-bond acceptors (Lipinski definition) is 6. The van der Waals surface area contributed by atoms with Gasteiger partial charge in [-0.25, -0.2) is 0 Å². The standard InChI is InChI=1S/C21H19ClN2O4S/c1-13-19(20(25)24(23-13)15-7-4-6-14(22)12-15)16(17-8-5-11-28-17)9-10-18(29-3)21(26)27-2/h4-12,18H,1-3H3/b10-9+,19-16+. The fourth-order valence-corrected chi connectivity index (χ4v) is 3.58. The van der Waals surface area contributed by atoms with Crippen molar-refractivity contribution in [1.29, 1.82) is 0 Å². The summed E-state index contributed by atoms with van der Waals surface area (Å²) in [5, 5.41) is 5.70. The lowest BCUT2D eigenvalue weighted by atomic mass is 10.0. The third kappa shape index (κ3) is 4.46. The second kappa shape index (κ2) is 9.15. The topological polar surface area (TPSA) is 72.1 Å². The maximum Gasteiger partial charge on any atom is 0.322 e. The third-order valence-electron chi connectivity index (χ3n) is 4.25. The molecule has 0 N–H and O–H groups in total. The van der Waals surface area contributed by atoms with Crippen LogP contribution >= 0.6 is 23.4 Å². The first kappa shape index (κ1) is 21.0. The molecule has 0 aliphatic carbocycles. The average Bonchev–Trinajstić information content (AvgIpc) is 3.34. The average molecular weight is 431 g/mol. The van der Waals surface area contributed by atoms with Crippen molar-refractivity contribution >= 4 is 52.2 Å². The normalized spacial score (nSPS) is 16.9. The molecule has 1 aromatic carbocycles. The molecular formula is C21H19ClN2O4S. The molecule has 0 saturated carbocycles. The second-order valence-electron chi connectivity index (χ2n) is 6.09. The Morgan fingerprint density at radius 3 is 2.76 bits per heavy atom. The van der Waals surface area contributed by atoms with Gasteiger partial charge in [0, 0.05) is 10.6 Å². The molecule has 8 heteroatoms. The number of amides is 1. The molecule has 1 unspecified atom stereocenters. The van der Waals surface area contributed by atoms with Crippen LogP contribution in [0.5, 0.6) is 0 Å². The van der Waals surface area contributed by atoms with Crippen LogP contribution in [-0.4, -0.2) is 36.2 Å². The molecule has 1 amide bonds. The summed E-state index contributed by atoms with van der Waals surface area (Å²) in [5.74, 6) is -0.183. The number of carbonyl (C=O) groups is 2. The van der Waals surface area contributed by atoms with Gasteiger partial charge in [-0.15, -0.1) is 11.8 Å². The molecule has 1 aliphatic rings. The number of furan rings is 1. The van der Waals surface area contributed by atoms with Gasteiger partial charge in [-0.3, -0.25) is 9.59 Å². The van der Waals surface area contributed by atoms with Crippen LogP contribution in [-0.2, 0) is 14.3 Å². The Hall–Kier alpha value is -2.77. The van der Waals surface area contributed by atoms with Gasteiger partial charge in [0.05, 0.1) is 30.3 Å². The molecule has 0 fully saturated rings. The summed E-state index contributed by atoms with van der Waals surface area (Å²) in [7, 11) is 1.34. The molecule has 0 bridgehead atoms. The van der Waals surface area contributed by atoms with Gasteiger partial charge in [0.1, 0.15) is 11.0 Å². The van der Waals surface area contributed by atoms with E-state index in [4.69, 9.17) is 20.8 Å². The van der Waals surface area contributed by atoms with Gasteiger partial charge in [0.25, 0.3) is 5.91 Å². The van der Waals surface area contributed by atoms with Gasteiger partial charge in [0.2, 0.25) is 0 Å². The van der Waals surface area contributed by atoms with Gasteiger partial charge < -0.3 is 9.15 Å². The number of allylic oxidation sites excluding steroid dienone is 2. The number of anilines is 1. The van der Waals surface area contributed by atoms with E-state index < -0.39 is 5.25 Å². The van der Waals surface area contributed by atoms with Crippen LogP contribution in [0.4, 0.5) is 5.69 Å². The van der Waals surface area contributed by atoms with Crippen LogP contribution in [0.15, 0.2) is 69.9 Å². The summed E-state index contributed by atoms with van der Waals surface area (Å²) < 4.78 is 10.4. The number of methoxy groups -OCH3 is 1. The highest BCUT2D eigenvalue weighted by atomic mass is 35.5. The van der Waals surface area contributed by atoms with E-state index >= 15 is 0 Å². The van der Waals surface area contributed by atoms with Crippen LogP contribution in [0, 0.1) is 0 Å². The number of benzene rings is 1. The van der Waals surface area contributed by atoms with Crippen molar-refractivity contribution in [3.05, 3.63) is 71.2 Å². The zero-order valence-corrected chi connectivity index (χ0v) is 17.7. The van der Waals surface area contributed by atoms with Crippen molar-refractivity contribution in [2.45, 2.75) is 12.2 Å². The molecule has 2 heterocycles. The van der Waals surface area contributed by atoms with Gasteiger partial charge in [-0.2, -0.15) is 10.1 Å². The number of ether oxygens (including phenoxy) is 1. The van der Waals surface area contributed by atoms with Crippen LogP contribution in [0.25, 0.3) is 5.57 Å². The molecule has 150 valence electrons. The van der Waals surface area contributed by atoms with E-state index in [1.54, 1.807) is 61.7 Å². The Labute approximate surface area is 177 Å². The van der Waals surface area contributed by atoms with Crippen LogP contribution in [0.3, 0.4) is 0 Å². The zero-order valence-electron chi connectivity index (χ0n) is 16.1. The zero-order chi connectivity index (χ0) is 21.0. The lowest BCUT2D eigenvalue weighted by Gasteiger charge is -2.13. The fraction of sp³-hybridized carbons (Fsp3) is 0.190. The highest BCUT2D eigenvalue weighted by Gasteiger charge is 2.32. The number of rotatable bonds is 6. The molecular weight excluding hydrogens is 412 g/mol. The first-order valence-corrected chi connectivity index (χ1v) is 10.4. The van der Waals surface area contributed by atoms with Gasteiger partial charge in [-0.1, -0.05) is 29.8 Å². The van der Waals surface area contributed by atoms with Gasteiger partial charge in [-0.05, 0) is 43.5 Å². The van der Waals surface area contributed by atoms with Crippen molar-refractivity contribution in [3.63, 3.8) is 0 Å². The van der Waals surface area contributed by atoms with Crippen LogP contribution in [0.1, 0.15) is 12.7 Å². The summed E-state index contributed by atoms with van der Waals surface area (Å²) in [5.41, 5.74) is 2.02. The third-order valence-corrected chi connectivity index (χ3v) is 5.34. The predicted octanol–water partition coefficient (Wildman–Crippen LogP) is 4.57. The fourth-order valence-electron chi connectivity index (χ4n) is 2.87. The van der Waals surface area contributed by atoms with Gasteiger partial charge in [0.15, 0.2) is 0 Å². The van der Waals surface area contributed by atoms with E-state index in [1.807, 2.05) is 0 Å². The summed E-state index contributed by atoms with van der Waals surface area (Å²) in [6, 6.07) is 10.4. The predicted molar refractivity (Wildman–Crippen MR) is 116 cm³/mol. The molecule has 0 radical (unpaired) electrons. The Morgan fingerprint density at radius 1 is 1.34 bits per heavy atom. The number of thioether (sulfide) groups is 1. The second-order valence-corrected chi connectivity index (χ2v) is 7.50. The van der Waals surface area contributed by atoms with Crippen LogP contribution < -0.4 is 5.01 Å². The summed E-state index contributed by atoms with van der Waals surface area (Å²) in [4.78, 5) is 25.1. The molecule has 29 heavy (non-hydrogen) atoms. The Kier molecular flexibility index (Phi) is 6.61.